The zero-order valence-corrected chi connectivity index (χ0v) is 10.6. The Hall–Kier alpha value is -1.62. The van der Waals surface area contributed by atoms with Crippen LogP contribution in [-0.4, -0.2) is 41.0 Å². The lowest BCUT2D eigenvalue weighted by Crippen LogP contribution is -2.49. The van der Waals surface area contributed by atoms with E-state index in [1.165, 1.54) is 0 Å². The first-order valence-corrected chi connectivity index (χ1v) is 6.28. The van der Waals surface area contributed by atoms with Crippen molar-refractivity contribution in [2.24, 2.45) is 5.73 Å². The molecule has 1 fully saturated rings. The molecular formula is C13H19N3O2. The fraction of sp³-hybridized carbons (Fsp3) is 0.538. The van der Waals surface area contributed by atoms with Gasteiger partial charge >= 0.3 is 0 Å². The standard InChI is InChI=1S/C13H19N3O2/c1-10(18-12-5-2-6-15-8-12)13(17)16-7-3-4-11(14)9-16/h2,5-6,8,10-11H,3-4,7,9,14H2,1H3/t10-,11-/m1/s1. The van der Waals surface area contributed by atoms with Crippen LogP contribution in [0.3, 0.4) is 0 Å². The van der Waals surface area contributed by atoms with Gasteiger partial charge in [0.15, 0.2) is 6.10 Å². The lowest BCUT2D eigenvalue weighted by molar-refractivity contribution is -0.139. The SMILES string of the molecule is C[C@@H](Oc1cccnc1)C(=O)N1CCC[C@@H](N)C1. The van der Waals surface area contributed by atoms with Gasteiger partial charge in [-0.05, 0) is 31.9 Å². The smallest absolute Gasteiger partial charge is 0.263 e. The lowest BCUT2D eigenvalue weighted by atomic mass is 10.1. The van der Waals surface area contributed by atoms with E-state index in [0.717, 1.165) is 19.4 Å². The first-order valence-electron chi connectivity index (χ1n) is 6.28. The maximum absolute atomic E-state index is 12.2. The van der Waals surface area contributed by atoms with E-state index in [0.29, 0.717) is 12.3 Å². The van der Waals surface area contributed by atoms with Crippen LogP contribution in [0.15, 0.2) is 24.5 Å². The number of hydrogen-bond donors (Lipinski definition) is 1. The number of likely N-dealkylation sites (tertiary alicyclic amines) is 1. The fourth-order valence-corrected chi connectivity index (χ4v) is 2.14. The highest BCUT2D eigenvalue weighted by Crippen LogP contribution is 2.13. The van der Waals surface area contributed by atoms with Gasteiger partial charge in [0.25, 0.3) is 5.91 Å². The van der Waals surface area contributed by atoms with Crippen LogP contribution in [0.2, 0.25) is 0 Å². The molecule has 5 heteroatoms. The predicted octanol–water partition coefficient (Wildman–Crippen LogP) is 0.799. The molecular weight excluding hydrogens is 230 g/mol. The van der Waals surface area contributed by atoms with Gasteiger partial charge in [-0.1, -0.05) is 0 Å². The van der Waals surface area contributed by atoms with Crippen molar-refractivity contribution in [3.8, 4) is 5.75 Å². The molecule has 0 saturated carbocycles. The molecule has 0 spiro atoms. The van der Waals surface area contributed by atoms with Gasteiger partial charge in [-0.3, -0.25) is 9.78 Å². The summed E-state index contributed by atoms with van der Waals surface area (Å²) in [5.74, 6) is 0.605. The Morgan fingerprint density at radius 2 is 2.50 bits per heavy atom. The van der Waals surface area contributed by atoms with E-state index in [2.05, 4.69) is 4.98 Å². The highest BCUT2D eigenvalue weighted by atomic mass is 16.5. The van der Waals surface area contributed by atoms with E-state index < -0.39 is 6.10 Å². The topological polar surface area (TPSA) is 68.5 Å². The van der Waals surface area contributed by atoms with Crippen LogP contribution in [0.1, 0.15) is 19.8 Å². The predicted molar refractivity (Wildman–Crippen MR) is 68.1 cm³/mol. The average molecular weight is 249 g/mol. The van der Waals surface area contributed by atoms with Gasteiger partial charge in [0.05, 0.1) is 6.20 Å². The molecule has 1 aliphatic rings. The maximum Gasteiger partial charge on any atom is 0.263 e. The molecule has 2 N–H and O–H groups in total. The van der Waals surface area contributed by atoms with Crippen molar-refractivity contribution in [1.82, 2.24) is 9.88 Å². The number of nitrogens with two attached hydrogens (primary N) is 1. The number of carbonyl (C=O) groups is 1. The van der Waals surface area contributed by atoms with Crippen molar-refractivity contribution in [2.75, 3.05) is 13.1 Å². The highest BCUT2D eigenvalue weighted by Gasteiger charge is 2.26. The lowest BCUT2D eigenvalue weighted by Gasteiger charge is -2.32. The van der Waals surface area contributed by atoms with Gasteiger partial charge in [-0.2, -0.15) is 0 Å². The maximum atomic E-state index is 12.2. The molecule has 5 nitrogen and oxygen atoms in total. The van der Waals surface area contributed by atoms with Crippen molar-refractivity contribution in [3.63, 3.8) is 0 Å². The van der Waals surface area contributed by atoms with Crippen LogP contribution < -0.4 is 10.5 Å². The Morgan fingerprint density at radius 3 is 3.17 bits per heavy atom. The highest BCUT2D eigenvalue weighted by molar-refractivity contribution is 5.81. The minimum Gasteiger partial charge on any atom is -0.479 e. The van der Waals surface area contributed by atoms with Gasteiger partial charge < -0.3 is 15.4 Å². The molecule has 18 heavy (non-hydrogen) atoms. The first kappa shape index (κ1) is 12.8. The van der Waals surface area contributed by atoms with Crippen molar-refractivity contribution in [3.05, 3.63) is 24.5 Å². The molecule has 1 aromatic rings. The van der Waals surface area contributed by atoms with E-state index in [4.69, 9.17) is 10.5 Å². The Bertz CT molecular complexity index is 396. The van der Waals surface area contributed by atoms with E-state index in [9.17, 15) is 4.79 Å². The molecule has 0 aliphatic carbocycles. The average Bonchev–Trinajstić information content (AvgIpc) is 2.39. The van der Waals surface area contributed by atoms with Crippen LogP contribution in [0.4, 0.5) is 0 Å². The number of ether oxygens (including phenoxy) is 1. The number of piperidine rings is 1. The molecule has 2 atom stereocenters. The van der Waals surface area contributed by atoms with E-state index in [-0.39, 0.29) is 11.9 Å². The van der Waals surface area contributed by atoms with Gasteiger partial charge in [-0.15, -0.1) is 0 Å². The third-order valence-electron chi connectivity index (χ3n) is 3.06. The molecule has 1 aliphatic heterocycles. The van der Waals surface area contributed by atoms with Gasteiger partial charge in [0.2, 0.25) is 0 Å². The van der Waals surface area contributed by atoms with E-state index in [1.807, 2.05) is 0 Å². The van der Waals surface area contributed by atoms with Gasteiger partial charge in [0, 0.05) is 25.3 Å². The third kappa shape index (κ3) is 3.20. The van der Waals surface area contributed by atoms with Crippen molar-refractivity contribution in [1.29, 1.82) is 0 Å². The molecule has 1 aromatic heterocycles. The van der Waals surface area contributed by atoms with Crippen LogP contribution in [0.5, 0.6) is 5.75 Å². The van der Waals surface area contributed by atoms with E-state index in [1.54, 1.807) is 36.4 Å². The zero-order chi connectivity index (χ0) is 13.0. The molecule has 2 rings (SSSR count). The zero-order valence-electron chi connectivity index (χ0n) is 10.6. The molecule has 1 amide bonds. The largest absolute Gasteiger partial charge is 0.479 e. The number of pyridine rings is 1. The molecule has 1 saturated heterocycles. The second-order valence-corrected chi connectivity index (χ2v) is 4.64. The summed E-state index contributed by atoms with van der Waals surface area (Å²) in [5, 5.41) is 0. The summed E-state index contributed by atoms with van der Waals surface area (Å²) in [6.07, 6.45) is 4.72. The normalized spacial score (nSPS) is 21.4. The number of rotatable bonds is 3. The minimum atomic E-state index is -0.500. The molecule has 0 radical (unpaired) electrons. The summed E-state index contributed by atoms with van der Waals surface area (Å²) in [6.45, 7) is 3.16. The van der Waals surface area contributed by atoms with Gasteiger partial charge in [0.1, 0.15) is 5.75 Å². The van der Waals surface area contributed by atoms with Crippen molar-refractivity contribution >= 4 is 5.91 Å². The van der Waals surface area contributed by atoms with Crippen LogP contribution in [0.25, 0.3) is 0 Å². The molecule has 2 heterocycles. The molecule has 0 unspecified atom stereocenters. The summed E-state index contributed by atoms with van der Waals surface area (Å²) < 4.78 is 5.57. The Balaban J connectivity index is 1.92. The second-order valence-electron chi connectivity index (χ2n) is 4.64. The number of hydrogen-bond acceptors (Lipinski definition) is 4. The third-order valence-corrected chi connectivity index (χ3v) is 3.06. The molecule has 0 aromatic carbocycles. The minimum absolute atomic E-state index is 0.00555. The van der Waals surface area contributed by atoms with E-state index >= 15 is 0 Å². The van der Waals surface area contributed by atoms with Crippen molar-refractivity contribution in [2.45, 2.75) is 31.9 Å². The molecule has 0 bridgehead atoms. The number of carbonyl (C=O) groups excluding carboxylic acids is 1. The summed E-state index contributed by atoms with van der Waals surface area (Å²) in [7, 11) is 0. The number of amides is 1. The summed E-state index contributed by atoms with van der Waals surface area (Å²) in [5.41, 5.74) is 5.87. The monoisotopic (exact) mass is 249 g/mol. The quantitative estimate of drug-likeness (QED) is 0.860. The Labute approximate surface area is 107 Å². The van der Waals surface area contributed by atoms with Crippen LogP contribution in [-0.2, 0) is 4.79 Å². The summed E-state index contributed by atoms with van der Waals surface area (Å²) in [6, 6.07) is 3.66. The van der Waals surface area contributed by atoms with Crippen molar-refractivity contribution < 1.29 is 9.53 Å². The number of aromatic nitrogens is 1. The van der Waals surface area contributed by atoms with Crippen LogP contribution >= 0.6 is 0 Å². The Kier molecular flexibility index (Phi) is 4.15. The number of nitrogens with zero attached hydrogens (tertiary/aromatic N) is 2. The second kappa shape index (κ2) is 5.82. The first-order chi connectivity index (χ1) is 8.66. The van der Waals surface area contributed by atoms with Gasteiger partial charge in [-0.25, -0.2) is 0 Å². The molecule has 98 valence electrons. The summed E-state index contributed by atoms with van der Waals surface area (Å²) in [4.78, 5) is 17.9. The summed E-state index contributed by atoms with van der Waals surface area (Å²) >= 11 is 0. The van der Waals surface area contributed by atoms with Crippen LogP contribution in [0, 0.1) is 0 Å². The Morgan fingerprint density at radius 1 is 1.67 bits per heavy atom. The fourth-order valence-electron chi connectivity index (χ4n) is 2.14.